The minimum absolute atomic E-state index is 0.0736. The number of carboxylic acid groups (broad SMARTS) is 1. The first-order chi connectivity index (χ1) is 9.52. The predicted octanol–water partition coefficient (Wildman–Crippen LogP) is 1.63. The van der Waals surface area contributed by atoms with Gasteiger partial charge in [0.2, 0.25) is 0 Å². The van der Waals surface area contributed by atoms with Crippen molar-refractivity contribution in [3.63, 3.8) is 0 Å². The van der Waals surface area contributed by atoms with Crippen LogP contribution in [0.2, 0.25) is 0 Å². The number of rotatable bonds is 6. The molecule has 0 spiro atoms. The van der Waals surface area contributed by atoms with Gasteiger partial charge in [0.1, 0.15) is 5.92 Å². The van der Waals surface area contributed by atoms with Gasteiger partial charge in [-0.25, -0.2) is 0 Å². The molecule has 0 radical (unpaired) electrons. The molecule has 1 aromatic carbocycles. The number of fused-ring (bicyclic) bond motifs is 1. The van der Waals surface area contributed by atoms with Crippen molar-refractivity contribution in [2.45, 2.75) is 24.5 Å². The largest absolute Gasteiger partial charge is 0.481 e. The average Bonchev–Trinajstić information content (AvgIpc) is 2.81. The summed E-state index contributed by atoms with van der Waals surface area (Å²) in [5.41, 5.74) is 1.23. The van der Waals surface area contributed by atoms with E-state index in [0.29, 0.717) is 5.69 Å². The molecule has 2 rings (SSSR count). The summed E-state index contributed by atoms with van der Waals surface area (Å²) < 4.78 is 0. The van der Waals surface area contributed by atoms with Crippen molar-refractivity contribution >= 4 is 16.9 Å². The van der Waals surface area contributed by atoms with E-state index in [-0.39, 0.29) is 6.42 Å². The Morgan fingerprint density at radius 3 is 2.65 bits per heavy atom. The molecule has 4 N–H and O–H groups in total. The van der Waals surface area contributed by atoms with Gasteiger partial charge >= 0.3 is 5.97 Å². The second kappa shape index (κ2) is 5.90. The number of para-hydroxylation sites is 1. The van der Waals surface area contributed by atoms with Crippen LogP contribution in [0.1, 0.15) is 18.0 Å². The number of hydrogen-bond acceptors (Lipinski definition) is 3. The zero-order valence-corrected chi connectivity index (χ0v) is 10.9. The maximum Gasteiger partial charge on any atom is 0.315 e. The SMILES string of the molecule is C=CC(O)CC(O)C(C(=O)O)c1cc2ccccc2[nH]1. The van der Waals surface area contributed by atoms with Crippen molar-refractivity contribution in [2.75, 3.05) is 0 Å². The third kappa shape index (κ3) is 2.89. The van der Waals surface area contributed by atoms with Gasteiger partial charge in [-0.05, 0) is 17.5 Å². The Morgan fingerprint density at radius 1 is 1.35 bits per heavy atom. The molecule has 20 heavy (non-hydrogen) atoms. The van der Waals surface area contributed by atoms with E-state index < -0.39 is 24.1 Å². The van der Waals surface area contributed by atoms with Gasteiger partial charge in [-0.15, -0.1) is 6.58 Å². The van der Waals surface area contributed by atoms with Crippen molar-refractivity contribution in [3.05, 3.63) is 48.7 Å². The van der Waals surface area contributed by atoms with Gasteiger partial charge in [0.05, 0.1) is 12.2 Å². The Morgan fingerprint density at radius 2 is 2.05 bits per heavy atom. The number of aliphatic hydroxyl groups is 2. The van der Waals surface area contributed by atoms with Gasteiger partial charge < -0.3 is 20.3 Å². The van der Waals surface area contributed by atoms with Crippen LogP contribution in [0.5, 0.6) is 0 Å². The predicted molar refractivity (Wildman–Crippen MR) is 75.5 cm³/mol. The zero-order valence-electron chi connectivity index (χ0n) is 10.9. The Hall–Kier alpha value is -2.11. The zero-order chi connectivity index (χ0) is 14.7. The molecule has 0 saturated heterocycles. The van der Waals surface area contributed by atoms with Crippen LogP contribution in [0.15, 0.2) is 43.0 Å². The number of H-pyrrole nitrogens is 1. The molecule has 2 aromatic rings. The second-order valence-corrected chi connectivity index (χ2v) is 4.73. The van der Waals surface area contributed by atoms with Crippen LogP contribution >= 0.6 is 0 Å². The van der Waals surface area contributed by atoms with E-state index in [2.05, 4.69) is 11.6 Å². The van der Waals surface area contributed by atoms with Crippen LogP contribution in [0.25, 0.3) is 10.9 Å². The fourth-order valence-electron chi connectivity index (χ4n) is 2.25. The molecular weight excluding hydrogens is 258 g/mol. The second-order valence-electron chi connectivity index (χ2n) is 4.73. The van der Waals surface area contributed by atoms with Crippen molar-refractivity contribution in [2.24, 2.45) is 0 Å². The molecule has 1 aromatic heterocycles. The summed E-state index contributed by atoms with van der Waals surface area (Å²) >= 11 is 0. The number of benzene rings is 1. The molecule has 5 nitrogen and oxygen atoms in total. The number of hydrogen-bond donors (Lipinski definition) is 4. The minimum atomic E-state index is -1.20. The van der Waals surface area contributed by atoms with Gasteiger partial charge in [-0.2, -0.15) is 0 Å². The molecule has 1 heterocycles. The number of aromatic amines is 1. The maximum absolute atomic E-state index is 11.4. The summed E-state index contributed by atoms with van der Waals surface area (Å²) in [4.78, 5) is 14.4. The van der Waals surface area contributed by atoms with Gasteiger partial charge in [0, 0.05) is 17.6 Å². The average molecular weight is 275 g/mol. The van der Waals surface area contributed by atoms with Crippen LogP contribution in [-0.2, 0) is 4.79 Å². The van der Waals surface area contributed by atoms with Crippen molar-refractivity contribution in [1.29, 1.82) is 0 Å². The Kier molecular flexibility index (Phi) is 4.22. The number of carboxylic acids is 1. The third-order valence-corrected chi connectivity index (χ3v) is 3.29. The smallest absolute Gasteiger partial charge is 0.315 e. The van der Waals surface area contributed by atoms with Crippen LogP contribution in [-0.4, -0.2) is 38.5 Å². The molecule has 3 atom stereocenters. The van der Waals surface area contributed by atoms with Crippen LogP contribution in [0, 0.1) is 0 Å². The minimum Gasteiger partial charge on any atom is -0.481 e. The molecule has 5 heteroatoms. The van der Waals surface area contributed by atoms with E-state index in [0.717, 1.165) is 10.9 Å². The molecule has 3 unspecified atom stereocenters. The summed E-state index contributed by atoms with van der Waals surface area (Å²) in [6.45, 7) is 3.41. The third-order valence-electron chi connectivity index (χ3n) is 3.29. The summed E-state index contributed by atoms with van der Waals surface area (Å²) in [7, 11) is 0. The van der Waals surface area contributed by atoms with E-state index >= 15 is 0 Å². The lowest BCUT2D eigenvalue weighted by molar-refractivity contribution is -0.142. The first-order valence-corrected chi connectivity index (χ1v) is 6.32. The number of aromatic nitrogens is 1. The summed E-state index contributed by atoms with van der Waals surface area (Å²) in [6.07, 6.45) is -0.937. The van der Waals surface area contributed by atoms with E-state index in [9.17, 15) is 20.1 Å². The van der Waals surface area contributed by atoms with Crippen molar-refractivity contribution in [1.82, 2.24) is 4.98 Å². The van der Waals surface area contributed by atoms with E-state index in [1.165, 1.54) is 6.08 Å². The highest BCUT2D eigenvalue weighted by Crippen LogP contribution is 2.26. The fourth-order valence-corrected chi connectivity index (χ4v) is 2.25. The van der Waals surface area contributed by atoms with Crippen LogP contribution in [0.4, 0.5) is 0 Å². The Balaban J connectivity index is 2.32. The van der Waals surface area contributed by atoms with E-state index in [1.807, 2.05) is 24.3 Å². The topological polar surface area (TPSA) is 93.6 Å². The molecular formula is C15H17NO4. The van der Waals surface area contributed by atoms with Gasteiger partial charge in [0.25, 0.3) is 0 Å². The number of nitrogens with one attached hydrogen (secondary N) is 1. The molecule has 0 amide bonds. The highest BCUT2D eigenvalue weighted by Gasteiger charge is 2.30. The monoisotopic (exact) mass is 275 g/mol. The Bertz CT molecular complexity index is 586. The van der Waals surface area contributed by atoms with Crippen LogP contribution in [0.3, 0.4) is 0 Å². The van der Waals surface area contributed by atoms with E-state index in [1.54, 1.807) is 6.07 Å². The summed E-state index contributed by atoms with van der Waals surface area (Å²) in [6, 6.07) is 9.10. The highest BCUT2D eigenvalue weighted by atomic mass is 16.4. The van der Waals surface area contributed by atoms with E-state index in [4.69, 9.17) is 0 Å². The van der Waals surface area contributed by atoms with Crippen molar-refractivity contribution < 1.29 is 20.1 Å². The lowest BCUT2D eigenvalue weighted by atomic mass is 9.94. The first-order valence-electron chi connectivity index (χ1n) is 6.32. The normalized spacial score (nSPS) is 15.7. The number of aliphatic carboxylic acids is 1. The molecule has 0 bridgehead atoms. The van der Waals surface area contributed by atoms with Crippen LogP contribution < -0.4 is 0 Å². The maximum atomic E-state index is 11.4. The van der Waals surface area contributed by atoms with Gasteiger partial charge in [-0.1, -0.05) is 24.3 Å². The Labute approximate surface area is 116 Å². The molecule has 0 aliphatic rings. The molecule has 0 saturated carbocycles. The first kappa shape index (κ1) is 14.3. The van der Waals surface area contributed by atoms with Gasteiger partial charge in [-0.3, -0.25) is 4.79 Å². The number of carbonyl (C=O) groups is 1. The lowest BCUT2D eigenvalue weighted by Crippen LogP contribution is -2.29. The van der Waals surface area contributed by atoms with Crippen molar-refractivity contribution in [3.8, 4) is 0 Å². The molecule has 0 fully saturated rings. The highest BCUT2D eigenvalue weighted by molar-refractivity contribution is 5.84. The standard InChI is InChI=1S/C15H17NO4/c1-2-10(17)8-13(18)14(15(19)20)12-7-9-5-3-4-6-11(9)16-12/h2-7,10,13-14,16-18H,1,8H2,(H,19,20). The lowest BCUT2D eigenvalue weighted by Gasteiger charge is -2.19. The molecule has 106 valence electrons. The fraction of sp³-hybridized carbons (Fsp3) is 0.267. The molecule has 0 aliphatic carbocycles. The number of aliphatic hydroxyl groups excluding tert-OH is 2. The summed E-state index contributed by atoms with van der Waals surface area (Å²) in [5, 5.41) is 29.7. The quantitative estimate of drug-likeness (QED) is 0.603. The van der Waals surface area contributed by atoms with Gasteiger partial charge in [0.15, 0.2) is 0 Å². The summed E-state index contributed by atoms with van der Waals surface area (Å²) in [5.74, 6) is -2.25. The molecule has 0 aliphatic heterocycles.